The SMILES string of the molecule is Cc1cccc(C2CC2(N)c2ccccc2)c1. The summed E-state index contributed by atoms with van der Waals surface area (Å²) in [5.74, 6) is 0.477. The lowest BCUT2D eigenvalue weighted by atomic mass is 9.99. The summed E-state index contributed by atoms with van der Waals surface area (Å²) in [5, 5.41) is 0. The lowest BCUT2D eigenvalue weighted by Gasteiger charge is -2.12. The van der Waals surface area contributed by atoms with Gasteiger partial charge in [-0.1, -0.05) is 60.2 Å². The fraction of sp³-hybridized carbons (Fsp3) is 0.250. The minimum absolute atomic E-state index is 0.144. The summed E-state index contributed by atoms with van der Waals surface area (Å²) in [6.07, 6.45) is 1.06. The molecule has 0 aromatic heterocycles. The van der Waals surface area contributed by atoms with Gasteiger partial charge in [-0.2, -0.15) is 0 Å². The minimum atomic E-state index is -0.144. The van der Waals surface area contributed by atoms with Gasteiger partial charge in [0.1, 0.15) is 0 Å². The molecule has 1 aliphatic carbocycles. The molecule has 0 aliphatic heterocycles. The highest BCUT2D eigenvalue weighted by Gasteiger charge is 2.52. The molecule has 0 amide bonds. The summed E-state index contributed by atoms with van der Waals surface area (Å²) >= 11 is 0. The molecule has 0 saturated heterocycles. The van der Waals surface area contributed by atoms with Crippen molar-refractivity contribution in [2.75, 3.05) is 0 Å². The van der Waals surface area contributed by atoms with E-state index in [9.17, 15) is 0 Å². The Balaban J connectivity index is 1.91. The zero-order chi connectivity index (χ0) is 11.9. The summed E-state index contributed by atoms with van der Waals surface area (Å²) in [6, 6.07) is 19.1. The highest BCUT2D eigenvalue weighted by molar-refractivity contribution is 5.42. The van der Waals surface area contributed by atoms with Gasteiger partial charge in [0.05, 0.1) is 0 Å². The number of benzene rings is 2. The van der Waals surface area contributed by atoms with E-state index in [0.717, 1.165) is 6.42 Å². The van der Waals surface area contributed by atoms with Crippen LogP contribution in [0.2, 0.25) is 0 Å². The van der Waals surface area contributed by atoms with Crippen molar-refractivity contribution in [2.45, 2.75) is 24.8 Å². The lowest BCUT2D eigenvalue weighted by molar-refractivity contribution is 0.705. The molecule has 2 N–H and O–H groups in total. The summed E-state index contributed by atoms with van der Waals surface area (Å²) < 4.78 is 0. The molecule has 3 rings (SSSR count). The zero-order valence-corrected chi connectivity index (χ0v) is 10.1. The average molecular weight is 223 g/mol. The molecule has 1 saturated carbocycles. The number of rotatable bonds is 2. The van der Waals surface area contributed by atoms with Gasteiger partial charge in [-0.05, 0) is 24.5 Å². The smallest absolute Gasteiger partial charge is 0.0486 e. The second-order valence-corrected chi connectivity index (χ2v) is 5.08. The molecule has 1 nitrogen and oxygen atoms in total. The monoisotopic (exact) mass is 223 g/mol. The highest BCUT2D eigenvalue weighted by Crippen LogP contribution is 2.56. The van der Waals surface area contributed by atoms with Gasteiger partial charge in [0.2, 0.25) is 0 Å². The second kappa shape index (κ2) is 3.71. The molecule has 2 unspecified atom stereocenters. The molecule has 1 fully saturated rings. The van der Waals surface area contributed by atoms with Gasteiger partial charge in [-0.15, -0.1) is 0 Å². The molecule has 1 aliphatic rings. The highest BCUT2D eigenvalue weighted by atomic mass is 14.9. The maximum absolute atomic E-state index is 6.49. The number of nitrogens with two attached hydrogens (primary N) is 1. The van der Waals surface area contributed by atoms with Gasteiger partial charge in [-0.25, -0.2) is 0 Å². The van der Waals surface area contributed by atoms with Gasteiger partial charge in [0.15, 0.2) is 0 Å². The number of hydrogen-bond acceptors (Lipinski definition) is 1. The Morgan fingerprint density at radius 1 is 1.06 bits per heavy atom. The van der Waals surface area contributed by atoms with Crippen LogP contribution in [0.3, 0.4) is 0 Å². The van der Waals surface area contributed by atoms with Crippen LogP contribution in [0.5, 0.6) is 0 Å². The van der Waals surface area contributed by atoms with Gasteiger partial charge >= 0.3 is 0 Å². The van der Waals surface area contributed by atoms with Crippen molar-refractivity contribution in [3.63, 3.8) is 0 Å². The molecule has 0 bridgehead atoms. The van der Waals surface area contributed by atoms with Crippen LogP contribution in [0.4, 0.5) is 0 Å². The fourth-order valence-electron chi connectivity index (χ4n) is 2.65. The third kappa shape index (κ3) is 1.77. The molecule has 0 radical (unpaired) electrons. The van der Waals surface area contributed by atoms with E-state index in [1.165, 1.54) is 16.7 Å². The summed E-state index contributed by atoms with van der Waals surface area (Å²) in [4.78, 5) is 0. The predicted octanol–water partition coefficient (Wildman–Crippen LogP) is 3.34. The van der Waals surface area contributed by atoms with Crippen LogP contribution in [-0.2, 0) is 5.54 Å². The van der Waals surface area contributed by atoms with E-state index < -0.39 is 0 Å². The van der Waals surface area contributed by atoms with Crippen molar-refractivity contribution in [1.29, 1.82) is 0 Å². The standard InChI is InChI=1S/C16H17N/c1-12-6-5-7-13(10-12)15-11-16(15,17)14-8-3-2-4-9-14/h2-10,15H,11,17H2,1H3. The molecule has 0 spiro atoms. The zero-order valence-electron chi connectivity index (χ0n) is 10.1. The molecular formula is C16H17N. The lowest BCUT2D eigenvalue weighted by Crippen LogP contribution is -2.21. The topological polar surface area (TPSA) is 26.0 Å². The van der Waals surface area contributed by atoms with Crippen LogP contribution in [0.1, 0.15) is 29.0 Å². The third-order valence-electron chi connectivity index (χ3n) is 3.76. The Labute approximate surface area is 102 Å². The molecule has 0 heterocycles. The predicted molar refractivity (Wildman–Crippen MR) is 70.8 cm³/mol. The van der Waals surface area contributed by atoms with E-state index in [4.69, 9.17) is 5.73 Å². The van der Waals surface area contributed by atoms with E-state index >= 15 is 0 Å². The summed E-state index contributed by atoms with van der Waals surface area (Å²) in [6.45, 7) is 2.13. The number of hydrogen-bond donors (Lipinski definition) is 1. The van der Waals surface area contributed by atoms with E-state index in [1.54, 1.807) is 0 Å². The van der Waals surface area contributed by atoms with Crippen molar-refractivity contribution in [1.82, 2.24) is 0 Å². The van der Waals surface area contributed by atoms with E-state index in [0.29, 0.717) is 5.92 Å². The van der Waals surface area contributed by atoms with E-state index in [2.05, 4.69) is 55.5 Å². The van der Waals surface area contributed by atoms with Gasteiger partial charge < -0.3 is 5.73 Å². The van der Waals surface area contributed by atoms with Crippen molar-refractivity contribution in [2.24, 2.45) is 5.73 Å². The Morgan fingerprint density at radius 3 is 2.53 bits per heavy atom. The van der Waals surface area contributed by atoms with E-state index in [-0.39, 0.29) is 5.54 Å². The molecule has 86 valence electrons. The molecule has 17 heavy (non-hydrogen) atoms. The first-order valence-electron chi connectivity index (χ1n) is 6.11. The van der Waals surface area contributed by atoms with E-state index in [1.807, 2.05) is 6.07 Å². The number of aryl methyl sites for hydroxylation is 1. The summed E-state index contributed by atoms with van der Waals surface area (Å²) in [7, 11) is 0. The largest absolute Gasteiger partial charge is 0.321 e. The van der Waals surface area contributed by atoms with Crippen molar-refractivity contribution >= 4 is 0 Å². The molecule has 2 aromatic rings. The van der Waals surface area contributed by atoms with Gasteiger partial charge in [0.25, 0.3) is 0 Å². The quantitative estimate of drug-likeness (QED) is 0.830. The first-order chi connectivity index (χ1) is 8.20. The van der Waals surface area contributed by atoms with Crippen molar-refractivity contribution in [3.8, 4) is 0 Å². The van der Waals surface area contributed by atoms with Crippen LogP contribution in [0.25, 0.3) is 0 Å². The van der Waals surface area contributed by atoms with Crippen molar-refractivity contribution < 1.29 is 0 Å². The Hall–Kier alpha value is -1.60. The van der Waals surface area contributed by atoms with Crippen LogP contribution in [-0.4, -0.2) is 0 Å². The second-order valence-electron chi connectivity index (χ2n) is 5.08. The molecule has 2 aromatic carbocycles. The first kappa shape index (κ1) is 10.5. The Morgan fingerprint density at radius 2 is 1.82 bits per heavy atom. The maximum atomic E-state index is 6.49. The fourth-order valence-corrected chi connectivity index (χ4v) is 2.65. The third-order valence-corrected chi connectivity index (χ3v) is 3.76. The van der Waals surface area contributed by atoms with Crippen LogP contribution < -0.4 is 5.73 Å². The van der Waals surface area contributed by atoms with Crippen LogP contribution >= 0.6 is 0 Å². The van der Waals surface area contributed by atoms with Crippen LogP contribution in [0.15, 0.2) is 54.6 Å². The Bertz CT molecular complexity index is 532. The van der Waals surface area contributed by atoms with Gasteiger partial charge in [-0.3, -0.25) is 0 Å². The minimum Gasteiger partial charge on any atom is -0.321 e. The normalized spacial score (nSPS) is 26.8. The average Bonchev–Trinajstić information content (AvgIpc) is 3.05. The molecular weight excluding hydrogens is 206 g/mol. The Kier molecular flexibility index (Phi) is 2.30. The summed E-state index contributed by atoms with van der Waals surface area (Å²) in [5.41, 5.74) is 10.3. The van der Waals surface area contributed by atoms with Crippen LogP contribution in [0, 0.1) is 6.92 Å². The molecule has 1 heteroatoms. The van der Waals surface area contributed by atoms with Crippen molar-refractivity contribution in [3.05, 3.63) is 71.3 Å². The molecule has 2 atom stereocenters. The first-order valence-corrected chi connectivity index (χ1v) is 6.11. The van der Waals surface area contributed by atoms with Gasteiger partial charge in [0, 0.05) is 11.5 Å². The maximum Gasteiger partial charge on any atom is 0.0486 e.